The van der Waals surface area contributed by atoms with E-state index >= 15 is 0 Å². The SMILES string of the molecule is C=CCCC.C=Cc1ccc2c(c1)CCC2.CNC(=O)C1CCCN(C(=O)C(C)NC(=O)C(NC(C)=O)C(C)C)N1. The molecule has 1 aliphatic carbocycles. The highest BCUT2D eigenvalue weighted by molar-refractivity contribution is 5.92. The van der Waals surface area contributed by atoms with Gasteiger partial charge in [-0.25, -0.2) is 5.43 Å². The zero-order chi connectivity index (χ0) is 30.9. The quantitative estimate of drug-likeness (QED) is 0.338. The molecule has 9 nitrogen and oxygen atoms in total. The molecule has 1 heterocycles. The summed E-state index contributed by atoms with van der Waals surface area (Å²) < 4.78 is 0. The van der Waals surface area contributed by atoms with E-state index < -0.39 is 24.0 Å². The van der Waals surface area contributed by atoms with Crippen LogP contribution in [-0.4, -0.2) is 60.4 Å². The van der Waals surface area contributed by atoms with Crippen LogP contribution < -0.4 is 21.4 Å². The summed E-state index contributed by atoms with van der Waals surface area (Å²) in [4.78, 5) is 47.9. The van der Waals surface area contributed by atoms with E-state index in [-0.39, 0.29) is 23.6 Å². The van der Waals surface area contributed by atoms with Crippen molar-refractivity contribution < 1.29 is 19.2 Å². The fraction of sp³-hybridized carbons (Fsp3) is 0.562. The number of fused-ring (bicyclic) bond motifs is 1. The van der Waals surface area contributed by atoms with Crippen LogP contribution in [0.1, 0.15) is 83.4 Å². The fourth-order valence-corrected chi connectivity index (χ4v) is 4.58. The predicted molar refractivity (Wildman–Crippen MR) is 166 cm³/mol. The Labute approximate surface area is 246 Å². The van der Waals surface area contributed by atoms with E-state index in [0.717, 1.165) is 6.42 Å². The summed E-state index contributed by atoms with van der Waals surface area (Å²) >= 11 is 0. The molecule has 3 rings (SSSR count). The van der Waals surface area contributed by atoms with Crippen molar-refractivity contribution in [2.75, 3.05) is 13.6 Å². The zero-order valence-corrected chi connectivity index (χ0v) is 25.8. The van der Waals surface area contributed by atoms with Gasteiger partial charge in [0.25, 0.3) is 5.91 Å². The Bertz CT molecular complexity index is 1040. The molecule has 1 aliphatic heterocycles. The number of nitrogens with one attached hydrogen (secondary N) is 4. The number of carbonyl (C=O) groups excluding carboxylic acids is 4. The number of benzene rings is 1. The van der Waals surface area contributed by atoms with Gasteiger partial charge in [0.05, 0.1) is 0 Å². The van der Waals surface area contributed by atoms with Crippen molar-refractivity contribution in [2.24, 2.45) is 5.92 Å². The molecule has 0 spiro atoms. The average Bonchev–Trinajstić information content (AvgIpc) is 3.44. The molecule has 0 radical (unpaired) electrons. The smallest absolute Gasteiger partial charge is 0.258 e. The van der Waals surface area contributed by atoms with Crippen molar-refractivity contribution >= 4 is 29.7 Å². The number of unbranched alkanes of at least 4 members (excludes halogenated alkanes) is 1. The lowest BCUT2D eigenvalue weighted by Gasteiger charge is -2.34. The zero-order valence-electron chi connectivity index (χ0n) is 25.8. The third-order valence-corrected chi connectivity index (χ3v) is 6.90. The number of carbonyl (C=O) groups is 4. The van der Waals surface area contributed by atoms with Gasteiger partial charge >= 0.3 is 0 Å². The van der Waals surface area contributed by atoms with Gasteiger partial charge in [0, 0.05) is 20.5 Å². The van der Waals surface area contributed by atoms with Crippen molar-refractivity contribution in [3.63, 3.8) is 0 Å². The standard InChI is InChI=1S/C16H29N5O4.C11H12.C5H10/c1-9(2)13(19-11(4)22)15(24)18-10(3)16(25)21-8-6-7-12(20-21)14(23)17-5;1-2-9-6-7-10-4-3-5-11(10)8-9;1-3-5-4-2/h9-10,12-13,20H,6-8H2,1-5H3,(H,17,23)(H,18,24)(H,19,22);2,6-8H,1,3-5H2;3H,1,4-5H2,2H3. The summed E-state index contributed by atoms with van der Waals surface area (Å²) in [5.74, 6) is -1.34. The Morgan fingerprint density at radius 1 is 1.07 bits per heavy atom. The fourth-order valence-electron chi connectivity index (χ4n) is 4.58. The van der Waals surface area contributed by atoms with E-state index in [0.29, 0.717) is 19.4 Å². The van der Waals surface area contributed by atoms with Crippen LogP contribution in [0, 0.1) is 5.92 Å². The molecule has 1 saturated heterocycles. The summed E-state index contributed by atoms with van der Waals surface area (Å²) in [6.45, 7) is 16.5. The molecule has 1 fully saturated rings. The van der Waals surface area contributed by atoms with Crippen LogP contribution in [-0.2, 0) is 32.0 Å². The second kappa shape index (κ2) is 18.8. The lowest BCUT2D eigenvalue weighted by atomic mass is 10.0. The predicted octanol–water partition coefficient (Wildman–Crippen LogP) is 3.68. The highest BCUT2D eigenvalue weighted by Crippen LogP contribution is 2.22. The first-order valence-corrected chi connectivity index (χ1v) is 14.7. The molecule has 3 unspecified atom stereocenters. The number of nitrogens with zero attached hydrogens (tertiary/aromatic N) is 1. The Balaban J connectivity index is 0.000000425. The number of hydrogen-bond acceptors (Lipinski definition) is 5. The minimum absolute atomic E-state index is 0.114. The summed E-state index contributed by atoms with van der Waals surface area (Å²) in [6.07, 6.45) is 11.4. The van der Waals surface area contributed by atoms with Crippen molar-refractivity contribution in [3.05, 3.63) is 54.1 Å². The average molecular weight is 570 g/mol. The molecule has 0 aromatic heterocycles. The maximum atomic E-state index is 12.5. The molecule has 0 bridgehead atoms. The first-order chi connectivity index (χ1) is 19.5. The number of hydrogen-bond donors (Lipinski definition) is 4. The van der Waals surface area contributed by atoms with Crippen LogP contribution >= 0.6 is 0 Å². The lowest BCUT2D eigenvalue weighted by molar-refractivity contribution is -0.143. The first-order valence-electron chi connectivity index (χ1n) is 14.7. The summed E-state index contributed by atoms with van der Waals surface area (Å²) in [5.41, 5.74) is 7.22. The van der Waals surface area contributed by atoms with Crippen LogP contribution in [0.5, 0.6) is 0 Å². The molecule has 1 aromatic carbocycles. The van der Waals surface area contributed by atoms with E-state index in [1.807, 2.05) is 26.0 Å². The van der Waals surface area contributed by atoms with Gasteiger partial charge in [-0.1, -0.05) is 64.1 Å². The Morgan fingerprint density at radius 2 is 1.76 bits per heavy atom. The number of hydrazine groups is 1. The van der Waals surface area contributed by atoms with E-state index in [2.05, 4.69) is 59.7 Å². The van der Waals surface area contributed by atoms with Gasteiger partial charge in [-0.15, -0.1) is 6.58 Å². The molecule has 4 N–H and O–H groups in total. The van der Waals surface area contributed by atoms with E-state index in [1.54, 1.807) is 14.0 Å². The minimum atomic E-state index is -0.779. The van der Waals surface area contributed by atoms with Gasteiger partial charge in [0.2, 0.25) is 17.7 Å². The molecule has 2 aliphatic rings. The highest BCUT2D eigenvalue weighted by atomic mass is 16.2. The van der Waals surface area contributed by atoms with Crippen LogP contribution in [0.3, 0.4) is 0 Å². The number of likely N-dealkylation sites (N-methyl/N-ethyl adjacent to an activating group) is 1. The Hall–Kier alpha value is -3.46. The lowest BCUT2D eigenvalue weighted by Crippen LogP contribution is -2.61. The maximum Gasteiger partial charge on any atom is 0.258 e. The molecule has 9 heteroatoms. The van der Waals surface area contributed by atoms with Crippen LogP contribution in [0.15, 0.2) is 37.4 Å². The summed E-state index contributed by atoms with van der Waals surface area (Å²) in [5, 5.41) is 9.15. The Kier molecular flexibility index (Phi) is 16.3. The van der Waals surface area contributed by atoms with Gasteiger partial charge in [0.15, 0.2) is 0 Å². The molecule has 228 valence electrons. The second-order valence-corrected chi connectivity index (χ2v) is 10.7. The van der Waals surface area contributed by atoms with E-state index in [4.69, 9.17) is 0 Å². The topological polar surface area (TPSA) is 120 Å². The Morgan fingerprint density at radius 3 is 2.29 bits per heavy atom. The van der Waals surface area contributed by atoms with Gasteiger partial charge in [-0.3, -0.25) is 24.2 Å². The summed E-state index contributed by atoms with van der Waals surface area (Å²) in [6, 6.07) is 4.69. The highest BCUT2D eigenvalue weighted by Gasteiger charge is 2.32. The van der Waals surface area contributed by atoms with Crippen molar-refractivity contribution in [2.45, 2.75) is 97.7 Å². The van der Waals surface area contributed by atoms with E-state index in [1.165, 1.54) is 54.3 Å². The third kappa shape index (κ3) is 12.3. The normalized spacial score (nSPS) is 16.9. The van der Waals surface area contributed by atoms with Gasteiger partial charge < -0.3 is 16.0 Å². The van der Waals surface area contributed by atoms with Crippen LogP contribution in [0.2, 0.25) is 0 Å². The van der Waals surface area contributed by atoms with Crippen molar-refractivity contribution in [3.8, 4) is 0 Å². The first kappa shape index (κ1) is 35.6. The number of rotatable bonds is 9. The molecular weight excluding hydrogens is 518 g/mol. The minimum Gasteiger partial charge on any atom is -0.358 e. The second-order valence-electron chi connectivity index (χ2n) is 10.7. The number of aryl methyl sites for hydroxylation is 2. The van der Waals surface area contributed by atoms with Gasteiger partial charge in [-0.05, 0) is 68.1 Å². The van der Waals surface area contributed by atoms with Crippen molar-refractivity contribution in [1.82, 2.24) is 26.4 Å². The number of allylic oxidation sites excluding steroid dienone is 1. The molecule has 0 saturated carbocycles. The largest absolute Gasteiger partial charge is 0.358 e. The molecular formula is C32H51N5O4. The van der Waals surface area contributed by atoms with Gasteiger partial charge in [-0.2, -0.15) is 0 Å². The van der Waals surface area contributed by atoms with E-state index in [9.17, 15) is 19.2 Å². The van der Waals surface area contributed by atoms with Crippen molar-refractivity contribution in [1.29, 1.82) is 0 Å². The molecule has 41 heavy (non-hydrogen) atoms. The van der Waals surface area contributed by atoms with Crippen LogP contribution in [0.4, 0.5) is 0 Å². The third-order valence-electron chi connectivity index (χ3n) is 6.90. The molecule has 3 atom stereocenters. The van der Waals surface area contributed by atoms with Gasteiger partial charge in [0.1, 0.15) is 18.1 Å². The molecule has 1 aromatic rings. The van der Waals surface area contributed by atoms with Crippen LogP contribution in [0.25, 0.3) is 6.08 Å². The maximum absolute atomic E-state index is 12.5. The monoisotopic (exact) mass is 569 g/mol. The molecule has 4 amide bonds. The number of amides is 4. The summed E-state index contributed by atoms with van der Waals surface area (Å²) in [7, 11) is 1.54.